The zero-order valence-corrected chi connectivity index (χ0v) is 15.9. The fourth-order valence-electron chi connectivity index (χ4n) is 4.37. The van der Waals surface area contributed by atoms with Gasteiger partial charge in [0.15, 0.2) is 0 Å². The molecule has 1 aromatic rings. The molecule has 2 heterocycles. The summed E-state index contributed by atoms with van der Waals surface area (Å²) in [6.07, 6.45) is 1.60. The predicted molar refractivity (Wildman–Crippen MR) is 98.3 cm³/mol. The summed E-state index contributed by atoms with van der Waals surface area (Å²) in [5, 5.41) is 0. The van der Waals surface area contributed by atoms with E-state index in [1.54, 1.807) is 6.07 Å². The Kier molecular flexibility index (Phi) is 4.65. The van der Waals surface area contributed by atoms with Gasteiger partial charge in [-0.2, -0.15) is 13.2 Å². The molecule has 0 spiro atoms. The second-order valence-electron chi connectivity index (χ2n) is 8.14. The molecule has 4 rings (SSSR count). The van der Waals surface area contributed by atoms with Crippen LogP contribution in [0.1, 0.15) is 50.7 Å². The van der Waals surface area contributed by atoms with Crippen LogP contribution in [0.5, 0.6) is 0 Å². The van der Waals surface area contributed by atoms with Gasteiger partial charge in [0, 0.05) is 11.5 Å². The van der Waals surface area contributed by atoms with E-state index in [1.165, 1.54) is 23.8 Å². The number of alkyl halides is 3. The van der Waals surface area contributed by atoms with Crippen LogP contribution in [0.3, 0.4) is 0 Å². The number of halogens is 3. The molecule has 0 aromatic heterocycles. The van der Waals surface area contributed by atoms with E-state index >= 15 is 0 Å². The fraction of sp³-hybridized carbons (Fsp3) is 0.500. The summed E-state index contributed by atoms with van der Waals surface area (Å²) < 4.78 is 51.6. The van der Waals surface area contributed by atoms with Gasteiger partial charge in [-0.05, 0) is 57.2 Å². The minimum absolute atomic E-state index is 0.00793. The fourth-order valence-corrected chi connectivity index (χ4v) is 4.37. The Hall–Kier alpha value is -2.08. The van der Waals surface area contributed by atoms with Crippen LogP contribution in [-0.4, -0.2) is 23.8 Å². The van der Waals surface area contributed by atoms with Crippen molar-refractivity contribution in [2.24, 2.45) is 5.92 Å². The van der Waals surface area contributed by atoms with Crippen molar-refractivity contribution in [3.63, 3.8) is 0 Å². The number of benzene rings is 1. The molecule has 6 heteroatoms. The van der Waals surface area contributed by atoms with Gasteiger partial charge in [0.25, 0.3) is 0 Å². The second-order valence-corrected chi connectivity index (χ2v) is 8.14. The number of hydrogen-bond acceptors (Lipinski definition) is 3. The van der Waals surface area contributed by atoms with Crippen LogP contribution in [0.4, 0.5) is 13.2 Å². The minimum atomic E-state index is -4.48. The molecule has 0 unspecified atom stereocenters. The Morgan fingerprint density at radius 2 is 2.00 bits per heavy atom. The van der Waals surface area contributed by atoms with Crippen molar-refractivity contribution >= 4 is 12.0 Å². The van der Waals surface area contributed by atoms with Gasteiger partial charge >= 0.3 is 12.1 Å². The van der Waals surface area contributed by atoms with Crippen molar-refractivity contribution in [1.29, 1.82) is 0 Å². The Bertz CT molecular complexity index is 855. The molecule has 0 bridgehead atoms. The number of epoxide rings is 1. The maximum absolute atomic E-state index is 13.4. The quantitative estimate of drug-likeness (QED) is 0.281. The number of rotatable bonds is 1. The van der Waals surface area contributed by atoms with Crippen LogP contribution < -0.4 is 0 Å². The predicted octanol–water partition coefficient (Wildman–Crippen LogP) is 5.31. The molecule has 2 aliphatic heterocycles. The molecular formula is C22H23F3O3. The molecule has 4 atom stereocenters. The molecule has 0 radical (unpaired) electrons. The molecule has 150 valence electrons. The summed E-state index contributed by atoms with van der Waals surface area (Å²) in [6, 6.07) is 5.31. The topological polar surface area (TPSA) is 38.8 Å². The summed E-state index contributed by atoms with van der Waals surface area (Å²) in [4.78, 5) is 12.6. The van der Waals surface area contributed by atoms with Crippen LogP contribution >= 0.6 is 0 Å². The number of carbonyl (C=O) groups excluding carboxylic acids is 1. The first-order valence-electron chi connectivity index (χ1n) is 9.61. The summed E-state index contributed by atoms with van der Waals surface area (Å²) in [5.74, 6) is -0.812. The first-order valence-corrected chi connectivity index (χ1v) is 9.61. The van der Waals surface area contributed by atoms with Crippen molar-refractivity contribution in [2.45, 2.75) is 63.5 Å². The first kappa shape index (κ1) is 19.2. The van der Waals surface area contributed by atoms with Gasteiger partial charge in [-0.15, -0.1) is 0 Å². The number of esters is 1. The number of fused-ring (bicyclic) bond motifs is 3. The third-order valence-corrected chi connectivity index (χ3v) is 6.07. The van der Waals surface area contributed by atoms with Crippen LogP contribution in [0, 0.1) is 5.92 Å². The van der Waals surface area contributed by atoms with Crippen LogP contribution in [0.25, 0.3) is 6.08 Å². The van der Waals surface area contributed by atoms with E-state index in [9.17, 15) is 18.0 Å². The summed E-state index contributed by atoms with van der Waals surface area (Å²) in [5.41, 5.74) is 0.439. The zero-order chi connectivity index (χ0) is 20.1. The van der Waals surface area contributed by atoms with E-state index in [0.29, 0.717) is 12.0 Å². The molecule has 3 aliphatic rings. The van der Waals surface area contributed by atoms with Gasteiger partial charge in [-0.25, -0.2) is 4.79 Å². The molecule has 3 nitrogen and oxygen atoms in total. The molecule has 2 fully saturated rings. The first-order chi connectivity index (χ1) is 13.2. The molecule has 1 aromatic carbocycles. The lowest BCUT2D eigenvalue weighted by Gasteiger charge is -2.19. The number of allylic oxidation sites excluding steroid dienone is 2. The third kappa shape index (κ3) is 3.50. The highest BCUT2D eigenvalue weighted by Crippen LogP contribution is 2.50. The Balaban J connectivity index is 1.72. The Morgan fingerprint density at radius 1 is 1.25 bits per heavy atom. The number of ether oxygens (including phenoxy) is 2. The number of hydrogen-bond donors (Lipinski definition) is 0. The van der Waals surface area contributed by atoms with E-state index in [1.807, 2.05) is 13.8 Å². The van der Waals surface area contributed by atoms with Gasteiger partial charge < -0.3 is 9.47 Å². The van der Waals surface area contributed by atoms with Crippen LogP contribution in [-0.2, 0) is 20.4 Å². The number of carbonyl (C=O) groups is 1. The van der Waals surface area contributed by atoms with E-state index in [4.69, 9.17) is 9.47 Å². The highest BCUT2D eigenvalue weighted by molar-refractivity contribution is 5.96. The smallest absolute Gasteiger partial charge is 0.416 e. The van der Waals surface area contributed by atoms with Crippen molar-refractivity contribution < 1.29 is 27.4 Å². The van der Waals surface area contributed by atoms with Gasteiger partial charge in [0.05, 0.1) is 11.2 Å². The van der Waals surface area contributed by atoms with Crippen molar-refractivity contribution in [2.75, 3.05) is 0 Å². The maximum Gasteiger partial charge on any atom is 0.416 e. The molecular weight excluding hydrogens is 369 g/mol. The molecule has 0 saturated carbocycles. The van der Waals surface area contributed by atoms with Gasteiger partial charge in [0.2, 0.25) is 0 Å². The van der Waals surface area contributed by atoms with Crippen LogP contribution in [0.15, 0.2) is 41.5 Å². The molecule has 1 aliphatic carbocycles. The highest BCUT2D eigenvalue weighted by atomic mass is 19.4. The molecule has 28 heavy (non-hydrogen) atoms. The SMILES string of the molecule is C/C1=C\CC[C@@]2(C)O[C@@H]2[C@H]2OC(=O)/C(=C/c3ccccc3C(F)(F)F)[C@@H]2CC1. The van der Waals surface area contributed by atoms with Crippen LogP contribution in [0.2, 0.25) is 0 Å². The lowest BCUT2D eigenvalue weighted by Crippen LogP contribution is -2.28. The van der Waals surface area contributed by atoms with Gasteiger partial charge in [0.1, 0.15) is 12.2 Å². The molecule has 0 amide bonds. The van der Waals surface area contributed by atoms with Crippen molar-refractivity contribution in [3.8, 4) is 0 Å². The average molecular weight is 392 g/mol. The zero-order valence-electron chi connectivity index (χ0n) is 15.9. The van der Waals surface area contributed by atoms with E-state index < -0.39 is 23.8 Å². The minimum Gasteiger partial charge on any atom is -0.455 e. The largest absolute Gasteiger partial charge is 0.455 e. The van der Waals surface area contributed by atoms with E-state index in [-0.39, 0.29) is 23.2 Å². The summed E-state index contributed by atoms with van der Waals surface area (Å²) in [7, 11) is 0. The Morgan fingerprint density at radius 3 is 2.75 bits per heavy atom. The average Bonchev–Trinajstić information content (AvgIpc) is 3.19. The summed E-state index contributed by atoms with van der Waals surface area (Å²) in [6.45, 7) is 4.05. The second kappa shape index (κ2) is 6.76. The molecule has 2 saturated heterocycles. The normalized spacial score (nSPS) is 36.2. The van der Waals surface area contributed by atoms with Crippen molar-refractivity contribution in [1.82, 2.24) is 0 Å². The standard InChI is InChI=1S/C22H23F3O3/c1-13-6-5-11-21(2)19(28-21)18-15(10-9-13)16(20(26)27-18)12-14-7-3-4-8-17(14)22(23,24)25/h3-4,6-8,12,15,18-19H,5,9-11H2,1-2H3/b13-6+,16-12+/t15-,18-,19+,21+/m0/s1. The highest BCUT2D eigenvalue weighted by Gasteiger charge is 2.61. The van der Waals surface area contributed by atoms with E-state index in [0.717, 1.165) is 25.3 Å². The lowest BCUT2D eigenvalue weighted by atomic mass is 9.83. The van der Waals surface area contributed by atoms with Gasteiger partial charge in [-0.1, -0.05) is 29.8 Å². The third-order valence-electron chi connectivity index (χ3n) is 6.07. The molecule has 0 N–H and O–H groups in total. The lowest BCUT2D eigenvalue weighted by molar-refractivity contribution is -0.140. The van der Waals surface area contributed by atoms with Crippen molar-refractivity contribution in [3.05, 3.63) is 52.6 Å². The maximum atomic E-state index is 13.4. The van der Waals surface area contributed by atoms with Gasteiger partial charge in [-0.3, -0.25) is 0 Å². The Labute approximate surface area is 162 Å². The summed E-state index contributed by atoms with van der Waals surface area (Å²) >= 11 is 0. The monoisotopic (exact) mass is 392 g/mol. The van der Waals surface area contributed by atoms with E-state index in [2.05, 4.69) is 6.08 Å².